The average Bonchev–Trinajstić information content (AvgIpc) is 2.85. The van der Waals surface area contributed by atoms with Crippen LogP contribution in [0.15, 0.2) is 55.0 Å². The molecule has 0 bridgehead atoms. The third kappa shape index (κ3) is 1.64. The Hall–Kier alpha value is -2.62. The average molecular weight is 238 g/mol. The Morgan fingerprint density at radius 2 is 2.00 bits per heavy atom. The van der Waals surface area contributed by atoms with E-state index in [1.807, 2.05) is 30.3 Å². The summed E-state index contributed by atoms with van der Waals surface area (Å²) >= 11 is 0. The molecule has 0 aliphatic heterocycles. The minimum absolute atomic E-state index is 0.270. The zero-order chi connectivity index (χ0) is 12.5. The minimum Gasteiger partial charge on any atom is -0.478 e. The molecule has 1 aromatic carbocycles. The predicted molar refractivity (Wildman–Crippen MR) is 67.6 cm³/mol. The molecule has 3 aromatic rings. The van der Waals surface area contributed by atoms with Gasteiger partial charge in [-0.2, -0.15) is 0 Å². The van der Waals surface area contributed by atoms with Crippen LogP contribution in [0.4, 0.5) is 0 Å². The van der Waals surface area contributed by atoms with Gasteiger partial charge in [0.2, 0.25) is 0 Å². The van der Waals surface area contributed by atoms with Gasteiger partial charge < -0.3 is 9.51 Å². The topological polar surface area (TPSA) is 54.6 Å². The van der Waals surface area contributed by atoms with Crippen molar-refractivity contribution in [1.82, 2.24) is 9.38 Å². The van der Waals surface area contributed by atoms with Crippen molar-refractivity contribution in [2.75, 3.05) is 0 Å². The molecule has 0 aliphatic carbocycles. The summed E-state index contributed by atoms with van der Waals surface area (Å²) in [6, 6.07) is 11.2. The highest BCUT2D eigenvalue weighted by atomic mass is 16.4. The van der Waals surface area contributed by atoms with E-state index in [1.54, 1.807) is 29.1 Å². The molecule has 0 amide bonds. The van der Waals surface area contributed by atoms with Gasteiger partial charge in [0, 0.05) is 24.2 Å². The number of carboxylic acids is 1. The number of carbonyl (C=O) groups is 1. The van der Waals surface area contributed by atoms with Gasteiger partial charge in [-0.1, -0.05) is 30.3 Å². The van der Waals surface area contributed by atoms with Crippen LogP contribution in [0.2, 0.25) is 0 Å². The number of nitrogens with zero attached hydrogens (tertiary/aromatic N) is 2. The Balaban J connectivity index is 2.32. The fourth-order valence-corrected chi connectivity index (χ4v) is 1.99. The molecular formula is C14H10N2O2. The van der Waals surface area contributed by atoms with Crippen LogP contribution < -0.4 is 0 Å². The van der Waals surface area contributed by atoms with Gasteiger partial charge in [0.1, 0.15) is 5.65 Å². The van der Waals surface area contributed by atoms with Crippen molar-refractivity contribution >= 4 is 11.6 Å². The van der Waals surface area contributed by atoms with Gasteiger partial charge in [-0.3, -0.25) is 0 Å². The Bertz CT molecular complexity index is 717. The smallest absolute Gasteiger partial charge is 0.337 e. The molecule has 0 fully saturated rings. The molecule has 0 atom stereocenters. The van der Waals surface area contributed by atoms with Gasteiger partial charge in [0.25, 0.3) is 0 Å². The lowest BCUT2D eigenvalue weighted by atomic mass is 10.0. The number of fused-ring (bicyclic) bond motifs is 1. The van der Waals surface area contributed by atoms with Crippen LogP contribution in [-0.2, 0) is 0 Å². The number of pyridine rings is 1. The van der Waals surface area contributed by atoms with E-state index in [1.165, 1.54) is 0 Å². The molecule has 0 unspecified atom stereocenters. The number of aromatic nitrogens is 2. The monoisotopic (exact) mass is 238 g/mol. The number of aromatic carboxylic acids is 1. The second-order valence-corrected chi connectivity index (χ2v) is 3.96. The van der Waals surface area contributed by atoms with Crippen molar-refractivity contribution in [3.8, 4) is 11.1 Å². The largest absolute Gasteiger partial charge is 0.478 e. The summed E-state index contributed by atoms with van der Waals surface area (Å²) in [6.07, 6.45) is 4.97. The Morgan fingerprint density at radius 3 is 2.72 bits per heavy atom. The lowest BCUT2D eigenvalue weighted by Crippen LogP contribution is -2.02. The van der Waals surface area contributed by atoms with Crippen molar-refractivity contribution < 1.29 is 9.90 Å². The molecule has 2 aromatic heterocycles. The Kier molecular flexibility index (Phi) is 2.34. The third-order valence-corrected chi connectivity index (χ3v) is 2.85. The van der Waals surface area contributed by atoms with Crippen LogP contribution in [-0.4, -0.2) is 20.5 Å². The Morgan fingerprint density at radius 1 is 1.22 bits per heavy atom. The number of rotatable bonds is 2. The standard InChI is InChI=1S/C14H10N2O2/c17-14(18)12-9-16-7-6-15-13(16)8-11(12)10-4-2-1-3-5-10/h1-9H,(H,17,18). The maximum Gasteiger partial charge on any atom is 0.337 e. The molecule has 2 heterocycles. The molecule has 0 aliphatic rings. The highest BCUT2D eigenvalue weighted by Crippen LogP contribution is 2.25. The molecule has 0 spiro atoms. The number of imidazole rings is 1. The van der Waals surface area contributed by atoms with E-state index < -0.39 is 5.97 Å². The summed E-state index contributed by atoms with van der Waals surface area (Å²) in [5.41, 5.74) is 2.56. The third-order valence-electron chi connectivity index (χ3n) is 2.85. The van der Waals surface area contributed by atoms with E-state index in [-0.39, 0.29) is 5.56 Å². The predicted octanol–water partition coefficient (Wildman–Crippen LogP) is 2.70. The molecule has 1 N–H and O–H groups in total. The van der Waals surface area contributed by atoms with Gasteiger partial charge >= 0.3 is 5.97 Å². The zero-order valence-corrected chi connectivity index (χ0v) is 9.45. The van der Waals surface area contributed by atoms with E-state index in [4.69, 9.17) is 0 Å². The normalized spacial score (nSPS) is 10.7. The van der Waals surface area contributed by atoms with E-state index >= 15 is 0 Å². The van der Waals surface area contributed by atoms with E-state index in [2.05, 4.69) is 4.98 Å². The zero-order valence-electron chi connectivity index (χ0n) is 9.45. The van der Waals surface area contributed by atoms with E-state index in [0.717, 1.165) is 11.2 Å². The minimum atomic E-state index is -0.940. The summed E-state index contributed by atoms with van der Waals surface area (Å²) in [5.74, 6) is -0.940. The fourth-order valence-electron chi connectivity index (χ4n) is 1.99. The van der Waals surface area contributed by atoms with Crippen molar-refractivity contribution in [3.63, 3.8) is 0 Å². The number of carboxylic acid groups (broad SMARTS) is 1. The van der Waals surface area contributed by atoms with Gasteiger partial charge in [0.05, 0.1) is 5.56 Å². The lowest BCUT2D eigenvalue weighted by molar-refractivity contribution is 0.0697. The first-order valence-corrected chi connectivity index (χ1v) is 5.51. The Labute approximate surface area is 103 Å². The number of hydrogen-bond acceptors (Lipinski definition) is 2. The van der Waals surface area contributed by atoms with Crippen molar-refractivity contribution in [2.24, 2.45) is 0 Å². The van der Waals surface area contributed by atoms with Crippen LogP contribution in [0.5, 0.6) is 0 Å². The number of benzene rings is 1. The van der Waals surface area contributed by atoms with Gasteiger partial charge in [-0.05, 0) is 11.6 Å². The summed E-state index contributed by atoms with van der Waals surface area (Å²) < 4.78 is 1.70. The molecule has 3 rings (SSSR count). The molecular weight excluding hydrogens is 228 g/mol. The van der Waals surface area contributed by atoms with Crippen molar-refractivity contribution in [3.05, 3.63) is 60.6 Å². The van der Waals surface area contributed by atoms with E-state index in [0.29, 0.717) is 5.56 Å². The van der Waals surface area contributed by atoms with Crippen molar-refractivity contribution in [2.45, 2.75) is 0 Å². The summed E-state index contributed by atoms with van der Waals surface area (Å²) in [5, 5.41) is 9.29. The second kappa shape index (κ2) is 4.00. The molecule has 0 saturated carbocycles. The molecule has 4 heteroatoms. The quantitative estimate of drug-likeness (QED) is 0.746. The highest BCUT2D eigenvalue weighted by molar-refractivity contribution is 5.96. The molecule has 4 nitrogen and oxygen atoms in total. The highest BCUT2D eigenvalue weighted by Gasteiger charge is 2.13. The number of hydrogen-bond donors (Lipinski definition) is 1. The summed E-state index contributed by atoms with van der Waals surface area (Å²) in [6.45, 7) is 0. The van der Waals surface area contributed by atoms with Gasteiger partial charge in [-0.15, -0.1) is 0 Å². The SMILES string of the molecule is O=C(O)c1cn2ccnc2cc1-c1ccccc1. The molecule has 0 radical (unpaired) electrons. The van der Waals surface area contributed by atoms with Crippen molar-refractivity contribution in [1.29, 1.82) is 0 Å². The van der Waals surface area contributed by atoms with Crippen LogP contribution in [0.3, 0.4) is 0 Å². The van der Waals surface area contributed by atoms with Crippen LogP contribution in [0.1, 0.15) is 10.4 Å². The maximum atomic E-state index is 11.3. The van der Waals surface area contributed by atoms with Crippen LogP contribution in [0, 0.1) is 0 Å². The maximum absolute atomic E-state index is 11.3. The summed E-state index contributed by atoms with van der Waals surface area (Å²) in [7, 11) is 0. The van der Waals surface area contributed by atoms with Crippen LogP contribution >= 0.6 is 0 Å². The second-order valence-electron chi connectivity index (χ2n) is 3.96. The van der Waals surface area contributed by atoms with Gasteiger partial charge in [0.15, 0.2) is 0 Å². The van der Waals surface area contributed by atoms with Gasteiger partial charge in [-0.25, -0.2) is 9.78 Å². The molecule has 18 heavy (non-hydrogen) atoms. The molecule has 0 saturated heterocycles. The summed E-state index contributed by atoms with van der Waals surface area (Å²) in [4.78, 5) is 15.5. The fraction of sp³-hybridized carbons (Fsp3) is 0. The molecule has 88 valence electrons. The lowest BCUT2D eigenvalue weighted by Gasteiger charge is -2.07. The first kappa shape index (κ1) is 10.5. The van der Waals surface area contributed by atoms with Crippen LogP contribution in [0.25, 0.3) is 16.8 Å². The first-order chi connectivity index (χ1) is 8.75. The van der Waals surface area contributed by atoms with E-state index in [9.17, 15) is 9.90 Å². The first-order valence-electron chi connectivity index (χ1n) is 5.51.